The molecule has 1 atom stereocenters. The molecule has 1 heterocycles. The average Bonchev–Trinajstić information content (AvgIpc) is 2.38. The fraction of sp³-hybridized carbons (Fsp3) is 0.938. The topological polar surface area (TPSA) is 40.5 Å². The molecule has 1 unspecified atom stereocenters. The van der Waals surface area contributed by atoms with Crippen molar-refractivity contribution in [2.24, 2.45) is 0 Å². The highest BCUT2D eigenvalue weighted by molar-refractivity contribution is 5.76. The largest absolute Gasteiger partial charge is 0.393 e. The molecule has 1 fully saturated rings. The van der Waals surface area contributed by atoms with E-state index in [1.807, 2.05) is 11.8 Å². The molecule has 0 saturated carbocycles. The van der Waals surface area contributed by atoms with Gasteiger partial charge in [0, 0.05) is 19.5 Å². The molecule has 0 bridgehead atoms. The van der Waals surface area contributed by atoms with Gasteiger partial charge in [0.2, 0.25) is 5.91 Å². The number of hydrogen-bond donors (Lipinski definition) is 1. The van der Waals surface area contributed by atoms with E-state index in [9.17, 15) is 4.79 Å². The zero-order valence-electron chi connectivity index (χ0n) is 12.6. The van der Waals surface area contributed by atoms with Gasteiger partial charge in [-0.25, -0.2) is 0 Å². The lowest BCUT2D eigenvalue weighted by atomic mass is 10.1. The summed E-state index contributed by atoms with van der Waals surface area (Å²) in [5.74, 6) is 0.365. The molecule has 1 saturated heterocycles. The van der Waals surface area contributed by atoms with E-state index >= 15 is 0 Å². The number of likely N-dealkylation sites (tertiary alicyclic amines) is 1. The second-order valence-corrected chi connectivity index (χ2v) is 5.95. The number of carbonyl (C=O) groups excluding carboxylic acids is 1. The lowest BCUT2D eigenvalue weighted by Gasteiger charge is -2.26. The van der Waals surface area contributed by atoms with E-state index in [-0.39, 0.29) is 6.10 Å². The standard InChI is InChI=1S/C16H31NO2/c1-15(18)11-7-5-3-2-4-6-9-13-17-14-10-8-12-16(17)19/h15,18H,2-14H2,1H3. The number of piperidine rings is 1. The van der Waals surface area contributed by atoms with Gasteiger partial charge >= 0.3 is 0 Å². The molecule has 1 N–H and O–H groups in total. The number of rotatable bonds is 10. The summed E-state index contributed by atoms with van der Waals surface area (Å²) in [5.41, 5.74) is 0. The van der Waals surface area contributed by atoms with E-state index in [0.717, 1.165) is 38.8 Å². The Hall–Kier alpha value is -0.570. The number of carbonyl (C=O) groups is 1. The molecule has 0 aromatic heterocycles. The van der Waals surface area contributed by atoms with Crippen LogP contribution < -0.4 is 0 Å². The summed E-state index contributed by atoms with van der Waals surface area (Å²) in [6, 6.07) is 0. The third kappa shape index (κ3) is 8.25. The van der Waals surface area contributed by atoms with Gasteiger partial charge in [0.15, 0.2) is 0 Å². The molecule has 112 valence electrons. The summed E-state index contributed by atoms with van der Waals surface area (Å²) >= 11 is 0. The fourth-order valence-corrected chi connectivity index (χ4v) is 2.72. The van der Waals surface area contributed by atoms with Crippen LogP contribution in [0.4, 0.5) is 0 Å². The summed E-state index contributed by atoms with van der Waals surface area (Å²) in [6.07, 6.45) is 12.5. The molecule has 3 nitrogen and oxygen atoms in total. The highest BCUT2D eigenvalue weighted by Gasteiger charge is 2.16. The second-order valence-electron chi connectivity index (χ2n) is 5.95. The van der Waals surface area contributed by atoms with Gasteiger partial charge in [-0.3, -0.25) is 4.79 Å². The molecule has 0 radical (unpaired) electrons. The molecule has 0 spiro atoms. The van der Waals surface area contributed by atoms with Crippen molar-refractivity contribution in [1.29, 1.82) is 0 Å². The molecule has 1 aliphatic rings. The van der Waals surface area contributed by atoms with Crippen LogP contribution in [0, 0.1) is 0 Å². The minimum atomic E-state index is -0.137. The van der Waals surface area contributed by atoms with E-state index in [1.54, 1.807) is 0 Å². The summed E-state index contributed by atoms with van der Waals surface area (Å²) < 4.78 is 0. The second kappa shape index (κ2) is 10.2. The Labute approximate surface area is 118 Å². The van der Waals surface area contributed by atoms with Crippen molar-refractivity contribution < 1.29 is 9.90 Å². The van der Waals surface area contributed by atoms with Gasteiger partial charge in [0.1, 0.15) is 0 Å². The minimum absolute atomic E-state index is 0.137. The maximum absolute atomic E-state index is 11.6. The van der Waals surface area contributed by atoms with Crippen LogP contribution in [0.1, 0.15) is 77.6 Å². The molecular weight excluding hydrogens is 238 g/mol. The Morgan fingerprint density at radius 3 is 2.32 bits per heavy atom. The Morgan fingerprint density at radius 2 is 1.68 bits per heavy atom. The van der Waals surface area contributed by atoms with Crippen LogP contribution in [0.5, 0.6) is 0 Å². The minimum Gasteiger partial charge on any atom is -0.393 e. The molecule has 1 amide bonds. The average molecular weight is 269 g/mol. The van der Waals surface area contributed by atoms with Crippen molar-refractivity contribution in [3.8, 4) is 0 Å². The van der Waals surface area contributed by atoms with Gasteiger partial charge < -0.3 is 10.0 Å². The van der Waals surface area contributed by atoms with Gasteiger partial charge in [-0.05, 0) is 32.6 Å². The zero-order valence-corrected chi connectivity index (χ0v) is 12.6. The Balaban J connectivity index is 1.84. The fourth-order valence-electron chi connectivity index (χ4n) is 2.72. The lowest BCUT2D eigenvalue weighted by Crippen LogP contribution is -2.35. The van der Waals surface area contributed by atoms with Crippen molar-refractivity contribution in [2.45, 2.75) is 83.7 Å². The summed E-state index contributed by atoms with van der Waals surface area (Å²) in [6.45, 7) is 3.82. The first-order chi connectivity index (χ1) is 9.20. The van der Waals surface area contributed by atoms with E-state index in [2.05, 4.69) is 0 Å². The molecule has 1 aliphatic heterocycles. The van der Waals surface area contributed by atoms with Crippen molar-refractivity contribution in [3.63, 3.8) is 0 Å². The summed E-state index contributed by atoms with van der Waals surface area (Å²) in [5, 5.41) is 9.14. The normalized spacial score (nSPS) is 17.8. The number of aliphatic hydroxyl groups is 1. The van der Waals surface area contributed by atoms with Gasteiger partial charge in [0.05, 0.1) is 6.10 Å². The van der Waals surface area contributed by atoms with Crippen LogP contribution in [0.15, 0.2) is 0 Å². The quantitative estimate of drug-likeness (QED) is 0.617. The highest BCUT2D eigenvalue weighted by atomic mass is 16.3. The molecule has 0 aliphatic carbocycles. The van der Waals surface area contributed by atoms with Gasteiger partial charge in [-0.1, -0.05) is 38.5 Å². The molecule has 0 aromatic carbocycles. The third-order valence-corrected chi connectivity index (χ3v) is 3.97. The first kappa shape index (κ1) is 16.5. The van der Waals surface area contributed by atoms with Crippen LogP contribution in [-0.4, -0.2) is 35.1 Å². The number of unbranched alkanes of at least 4 members (excludes halogenated alkanes) is 6. The van der Waals surface area contributed by atoms with Crippen LogP contribution in [0.3, 0.4) is 0 Å². The predicted molar refractivity (Wildman–Crippen MR) is 79.0 cm³/mol. The smallest absolute Gasteiger partial charge is 0.222 e. The van der Waals surface area contributed by atoms with Crippen LogP contribution in [-0.2, 0) is 4.79 Å². The van der Waals surface area contributed by atoms with E-state index in [4.69, 9.17) is 5.11 Å². The molecule has 0 aromatic rings. The van der Waals surface area contributed by atoms with E-state index in [1.165, 1.54) is 44.9 Å². The number of hydrogen-bond acceptors (Lipinski definition) is 2. The zero-order chi connectivity index (χ0) is 13.9. The number of nitrogens with zero attached hydrogens (tertiary/aromatic N) is 1. The third-order valence-electron chi connectivity index (χ3n) is 3.97. The highest BCUT2D eigenvalue weighted by Crippen LogP contribution is 2.13. The van der Waals surface area contributed by atoms with Crippen LogP contribution in [0.25, 0.3) is 0 Å². The van der Waals surface area contributed by atoms with Crippen LogP contribution in [0.2, 0.25) is 0 Å². The lowest BCUT2D eigenvalue weighted by molar-refractivity contribution is -0.133. The summed E-state index contributed by atoms with van der Waals surface area (Å²) in [4.78, 5) is 13.6. The number of amides is 1. The Bertz CT molecular complexity index is 241. The predicted octanol–water partition coefficient (Wildman–Crippen LogP) is 3.50. The SMILES string of the molecule is CC(O)CCCCCCCCCN1CCCCC1=O. The van der Waals surface area contributed by atoms with Crippen molar-refractivity contribution >= 4 is 5.91 Å². The van der Waals surface area contributed by atoms with Gasteiger partial charge in [-0.2, -0.15) is 0 Å². The van der Waals surface area contributed by atoms with Gasteiger partial charge in [-0.15, -0.1) is 0 Å². The van der Waals surface area contributed by atoms with Crippen molar-refractivity contribution in [3.05, 3.63) is 0 Å². The Kier molecular flexibility index (Phi) is 8.89. The maximum atomic E-state index is 11.6. The summed E-state index contributed by atoms with van der Waals surface area (Å²) in [7, 11) is 0. The van der Waals surface area contributed by atoms with Crippen molar-refractivity contribution in [2.75, 3.05) is 13.1 Å². The number of aliphatic hydroxyl groups excluding tert-OH is 1. The van der Waals surface area contributed by atoms with Crippen molar-refractivity contribution in [1.82, 2.24) is 4.90 Å². The van der Waals surface area contributed by atoms with E-state index < -0.39 is 0 Å². The monoisotopic (exact) mass is 269 g/mol. The first-order valence-electron chi connectivity index (χ1n) is 8.16. The van der Waals surface area contributed by atoms with Gasteiger partial charge in [0.25, 0.3) is 0 Å². The molecule has 1 rings (SSSR count). The van der Waals surface area contributed by atoms with E-state index in [0.29, 0.717) is 5.91 Å². The molecule has 19 heavy (non-hydrogen) atoms. The first-order valence-corrected chi connectivity index (χ1v) is 8.16. The molecule has 3 heteroatoms. The maximum Gasteiger partial charge on any atom is 0.222 e. The Morgan fingerprint density at radius 1 is 1.05 bits per heavy atom. The molecular formula is C16H31NO2. The van der Waals surface area contributed by atoms with Crippen LogP contribution >= 0.6 is 0 Å².